The van der Waals surface area contributed by atoms with Gasteiger partial charge >= 0.3 is 0 Å². The summed E-state index contributed by atoms with van der Waals surface area (Å²) in [6, 6.07) is 6.54. The molecule has 2 unspecified atom stereocenters. The van der Waals surface area contributed by atoms with E-state index >= 15 is 0 Å². The summed E-state index contributed by atoms with van der Waals surface area (Å²) in [5.74, 6) is -0.0872. The standard InChI is InChI=1S/C18H24BrFN2/c1-11-13(16(22)17(2,3)18(11,4)10-19)9-15(21)12-7-5-6-8-14(12)20/h5-9,11H,10,21-22H2,1-4H3/b15-9-. The minimum Gasteiger partial charge on any atom is -0.401 e. The van der Waals surface area contributed by atoms with E-state index in [1.807, 2.05) is 6.08 Å². The van der Waals surface area contributed by atoms with Crippen molar-refractivity contribution in [2.24, 2.45) is 28.2 Å². The van der Waals surface area contributed by atoms with Crippen molar-refractivity contribution in [3.63, 3.8) is 0 Å². The molecule has 0 radical (unpaired) electrons. The normalized spacial score (nSPS) is 28.3. The highest BCUT2D eigenvalue weighted by Crippen LogP contribution is 2.58. The molecule has 1 aliphatic rings. The van der Waals surface area contributed by atoms with Gasteiger partial charge in [-0.2, -0.15) is 0 Å². The van der Waals surface area contributed by atoms with E-state index in [1.54, 1.807) is 18.2 Å². The van der Waals surface area contributed by atoms with E-state index < -0.39 is 0 Å². The molecule has 4 N–H and O–H groups in total. The Hall–Kier alpha value is -1.29. The van der Waals surface area contributed by atoms with Gasteiger partial charge in [0.25, 0.3) is 0 Å². The summed E-state index contributed by atoms with van der Waals surface area (Å²) in [7, 11) is 0. The second kappa shape index (κ2) is 5.73. The maximum atomic E-state index is 13.9. The molecule has 2 atom stereocenters. The Morgan fingerprint density at radius 1 is 1.32 bits per heavy atom. The summed E-state index contributed by atoms with van der Waals surface area (Å²) in [6.07, 6.45) is 1.84. The average molecular weight is 367 g/mol. The molecule has 0 saturated heterocycles. The Kier molecular flexibility index (Phi) is 4.44. The van der Waals surface area contributed by atoms with Crippen LogP contribution in [0.1, 0.15) is 33.3 Å². The Morgan fingerprint density at radius 2 is 1.91 bits per heavy atom. The van der Waals surface area contributed by atoms with Gasteiger partial charge in [0.1, 0.15) is 5.82 Å². The molecule has 0 fully saturated rings. The van der Waals surface area contributed by atoms with Gasteiger partial charge in [0.05, 0.1) is 0 Å². The molecular weight excluding hydrogens is 343 g/mol. The Balaban J connectivity index is 2.51. The number of hydrogen-bond acceptors (Lipinski definition) is 2. The topological polar surface area (TPSA) is 52.0 Å². The largest absolute Gasteiger partial charge is 0.401 e. The number of halogens is 2. The first-order valence-corrected chi connectivity index (χ1v) is 8.57. The summed E-state index contributed by atoms with van der Waals surface area (Å²) < 4.78 is 13.9. The number of rotatable bonds is 3. The lowest BCUT2D eigenvalue weighted by Crippen LogP contribution is -2.39. The van der Waals surface area contributed by atoms with Crippen molar-refractivity contribution >= 4 is 21.6 Å². The SMILES string of the molecule is CC1C(/C=C(\N)c2ccccc2F)=C(N)C(C)(C)C1(C)CBr. The summed E-state index contributed by atoms with van der Waals surface area (Å²) in [6.45, 7) is 8.68. The zero-order valence-corrected chi connectivity index (χ0v) is 15.2. The third kappa shape index (κ3) is 2.37. The second-order valence-corrected chi connectivity index (χ2v) is 7.41. The summed E-state index contributed by atoms with van der Waals surface area (Å²) in [5, 5.41) is 0.839. The van der Waals surface area contributed by atoms with Crippen molar-refractivity contribution in [3.05, 3.63) is 53.0 Å². The maximum absolute atomic E-state index is 13.9. The third-order valence-electron chi connectivity index (χ3n) is 5.61. The number of benzene rings is 1. The smallest absolute Gasteiger partial charge is 0.132 e. The lowest BCUT2D eigenvalue weighted by molar-refractivity contribution is 0.136. The van der Waals surface area contributed by atoms with E-state index in [-0.39, 0.29) is 22.6 Å². The van der Waals surface area contributed by atoms with Crippen LogP contribution in [0.5, 0.6) is 0 Å². The van der Waals surface area contributed by atoms with Gasteiger partial charge in [-0.05, 0) is 35.1 Å². The lowest BCUT2D eigenvalue weighted by atomic mass is 9.65. The first-order valence-electron chi connectivity index (χ1n) is 7.45. The van der Waals surface area contributed by atoms with Crippen LogP contribution in [0, 0.1) is 22.6 Å². The predicted octanol–water partition coefficient (Wildman–Crippen LogP) is 4.42. The van der Waals surface area contributed by atoms with Crippen LogP contribution in [0.4, 0.5) is 4.39 Å². The quantitative estimate of drug-likeness (QED) is 0.778. The van der Waals surface area contributed by atoms with Crippen molar-refractivity contribution in [3.8, 4) is 0 Å². The molecule has 0 aromatic heterocycles. The molecule has 1 aromatic rings. The predicted molar refractivity (Wildman–Crippen MR) is 94.6 cm³/mol. The molecule has 22 heavy (non-hydrogen) atoms. The summed E-state index contributed by atoms with van der Waals surface area (Å²) in [5.41, 5.74) is 15.1. The maximum Gasteiger partial charge on any atom is 0.132 e. The molecule has 4 heteroatoms. The van der Waals surface area contributed by atoms with Crippen LogP contribution >= 0.6 is 15.9 Å². The highest BCUT2D eigenvalue weighted by Gasteiger charge is 2.52. The minimum absolute atomic E-state index is 0.0154. The molecule has 2 nitrogen and oxygen atoms in total. The summed E-state index contributed by atoms with van der Waals surface area (Å²) in [4.78, 5) is 0. The van der Waals surface area contributed by atoms with Gasteiger partial charge in [-0.1, -0.05) is 55.8 Å². The summed E-state index contributed by atoms with van der Waals surface area (Å²) >= 11 is 3.63. The van der Waals surface area contributed by atoms with Gasteiger partial charge in [-0.15, -0.1) is 0 Å². The molecule has 0 bridgehead atoms. The lowest BCUT2D eigenvalue weighted by Gasteiger charge is -2.41. The fourth-order valence-corrected chi connectivity index (χ4v) is 4.40. The van der Waals surface area contributed by atoms with E-state index in [4.69, 9.17) is 11.5 Å². The first-order chi connectivity index (χ1) is 10.2. The number of alkyl halides is 1. The Morgan fingerprint density at radius 3 is 2.41 bits per heavy atom. The molecule has 1 aromatic carbocycles. The van der Waals surface area contributed by atoms with Crippen molar-refractivity contribution < 1.29 is 4.39 Å². The molecule has 0 spiro atoms. The van der Waals surface area contributed by atoms with Crippen molar-refractivity contribution in [2.45, 2.75) is 27.7 Å². The van der Waals surface area contributed by atoms with Gasteiger partial charge < -0.3 is 11.5 Å². The van der Waals surface area contributed by atoms with Crippen LogP contribution in [0.2, 0.25) is 0 Å². The van der Waals surface area contributed by atoms with Crippen molar-refractivity contribution in [2.75, 3.05) is 5.33 Å². The molecule has 0 heterocycles. The molecular formula is C18H24BrFN2. The van der Waals surface area contributed by atoms with E-state index in [9.17, 15) is 4.39 Å². The van der Waals surface area contributed by atoms with Crippen molar-refractivity contribution in [1.29, 1.82) is 0 Å². The highest BCUT2D eigenvalue weighted by atomic mass is 79.9. The number of nitrogens with two attached hydrogens (primary N) is 2. The van der Waals surface area contributed by atoms with Crippen LogP contribution in [-0.2, 0) is 0 Å². The second-order valence-electron chi connectivity index (χ2n) is 6.85. The number of allylic oxidation sites excluding steroid dienone is 3. The first kappa shape index (κ1) is 17.1. The zero-order valence-electron chi connectivity index (χ0n) is 13.6. The molecule has 2 rings (SSSR count). The fourth-order valence-electron chi connectivity index (χ4n) is 3.21. The monoisotopic (exact) mass is 366 g/mol. The van der Waals surface area contributed by atoms with Crippen LogP contribution in [-0.4, -0.2) is 5.33 Å². The van der Waals surface area contributed by atoms with Gasteiger partial charge in [0.2, 0.25) is 0 Å². The third-order valence-corrected chi connectivity index (χ3v) is 6.77. The van der Waals surface area contributed by atoms with Crippen LogP contribution in [0.15, 0.2) is 41.6 Å². The van der Waals surface area contributed by atoms with Crippen LogP contribution in [0.3, 0.4) is 0 Å². The van der Waals surface area contributed by atoms with Gasteiger partial charge in [0.15, 0.2) is 0 Å². The molecule has 0 aliphatic heterocycles. The Bertz CT molecular complexity index is 648. The van der Waals surface area contributed by atoms with Gasteiger partial charge in [0, 0.05) is 27.7 Å². The number of hydrogen-bond donors (Lipinski definition) is 2. The highest BCUT2D eigenvalue weighted by molar-refractivity contribution is 9.09. The van der Waals surface area contributed by atoms with Gasteiger partial charge in [-0.3, -0.25) is 0 Å². The van der Waals surface area contributed by atoms with E-state index in [0.29, 0.717) is 11.3 Å². The van der Waals surface area contributed by atoms with Crippen LogP contribution < -0.4 is 11.5 Å². The van der Waals surface area contributed by atoms with Gasteiger partial charge in [-0.25, -0.2) is 4.39 Å². The van der Waals surface area contributed by atoms with E-state index in [1.165, 1.54) is 6.07 Å². The molecule has 1 aliphatic carbocycles. The molecule has 0 amide bonds. The minimum atomic E-state index is -0.316. The Labute approximate surface area is 140 Å². The van der Waals surface area contributed by atoms with Crippen molar-refractivity contribution in [1.82, 2.24) is 0 Å². The molecule has 120 valence electrons. The van der Waals surface area contributed by atoms with E-state index in [2.05, 4.69) is 43.6 Å². The fraction of sp³-hybridized carbons (Fsp3) is 0.444. The average Bonchev–Trinajstić information content (AvgIpc) is 2.61. The molecule has 0 saturated carbocycles. The zero-order chi connectivity index (χ0) is 16.7. The van der Waals surface area contributed by atoms with E-state index in [0.717, 1.165) is 16.6 Å². The van der Waals surface area contributed by atoms with Crippen LogP contribution in [0.25, 0.3) is 5.70 Å².